The number of hydrogen-bond acceptors (Lipinski definition) is 2. The lowest BCUT2D eigenvalue weighted by molar-refractivity contribution is 0.743. The van der Waals surface area contributed by atoms with Crippen molar-refractivity contribution in [3.8, 4) is 11.1 Å². The normalized spacial score (nSPS) is 22.2. The summed E-state index contributed by atoms with van der Waals surface area (Å²) in [5.41, 5.74) is 9.59. The SMILES string of the molecule is CC1CC1c1nn(C)c(N)c1-c1ccc(Br)cc1. The van der Waals surface area contributed by atoms with Crippen molar-refractivity contribution in [1.82, 2.24) is 9.78 Å². The second kappa shape index (κ2) is 4.12. The number of hydrogen-bond donors (Lipinski definition) is 1. The third kappa shape index (κ3) is 1.85. The van der Waals surface area contributed by atoms with E-state index in [0.29, 0.717) is 5.92 Å². The van der Waals surface area contributed by atoms with E-state index in [9.17, 15) is 0 Å². The van der Waals surface area contributed by atoms with Crippen LogP contribution >= 0.6 is 15.9 Å². The average molecular weight is 306 g/mol. The van der Waals surface area contributed by atoms with Crippen LogP contribution in [0.5, 0.6) is 0 Å². The van der Waals surface area contributed by atoms with Gasteiger partial charge in [-0.25, -0.2) is 0 Å². The van der Waals surface area contributed by atoms with Gasteiger partial charge in [-0.1, -0.05) is 35.0 Å². The van der Waals surface area contributed by atoms with Gasteiger partial charge in [-0.15, -0.1) is 0 Å². The third-order valence-corrected chi connectivity index (χ3v) is 4.24. The van der Waals surface area contributed by atoms with Gasteiger partial charge in [-0.2, -0.15) is 5.10 Å². The first-order valence-corrected chi connectivity index (χ1v) is 6.95. The van der Waals surface area contributed by atoms with Gasteiger partial charge in [0, 0.05) is 23.0 Å². The highest BCUT2D eigenvalue weighted by Gasteiger charge is 2.38. The highest BCUT2D eigenvalue weighted by atomic mass is 79.9. The molecule has 4 heteroatoms. The Morgan fingerprint density at radius 2 is 1.94 bits per heavy atom. The number of rotatable bonds is 2. The van der Waals surface area contributed by atoms with Gasteiger partial charge in [0.25, 0.3) is 0 Å². The Hall–Kier alpha value is -1.29. The molecule has 0 aliphatic heterocycles. The molecule has 2 unspecified atom stereocenters. The van der Waals surface area contributed by atoms with Gasteiger partial charge in [0.2, 0.25) is 0 Å². The Bertz CT molecular complexity index is 586. The Morgan fingerprint density at radius 1 is 1.33 bits per heavy atom. The van der Waals surface area contributed by atoms with Gasteiger partial charge in [0.15, 0.2) is 0 Å². The predicted molar refractivity (Wildman–Crippen MR) is 77.3 cm³/mol. The maximum absolute atomic E-state index is 6.17. The van der Waals surface area contributed by atoms with E-state index in [1.165, 1.54) is 6.42 Å². The molecule has 0 saturated heterocycles. The molecular formula is C14H16BrN3. The molecule has 3 nitrogen and oxygen atoms in total. The summed E-state index contributed by atoms with van der Waals surface area (Å²) in [5, 5.41) is 4.60. The zero-order chi connectivity index (χ0) is 12.9. The number of nitrogens with two attached hydrogens (primary N) is 1. The van der Waals surface area contributed by atoms with Gasteiger partial charge in [-0.3, -0.25) is 4.68 Å². The van der Waals surface area contributed by atoms with Crippen molar-refractivity contribution in [2.45, 2.75) is 19.3 Å². The van der Waals surface area contributed by atoms with E-state index >= 15 is 0 Å². The lowest BCUT2D eigenvalue weighted by Gasteiger charge is -2.04. The summed E-state index contributed by atoms with van der Waals surface area (Å²) in [6.07, 6.45) is 1.22. The smallest absolute Gasteiger partial charge is 0.129 e. The predicted octanol–water partition coefficient (Wildman–Crippen LogP) is 3.56. The van der Waals surface area contributed by atoms with Crippen LogP contribution in [0.25, 0.3) is 11.1 Å². The fraction of sp³-hybridized carbons (Fsp3) is 0.357. The Kier molecular flexibility index (Phi) is 2.70. The highest BCUT2D eigenvalue weighted by Crippen LogP contribution is 2.50. The molecule has 1 heterocycles. The first kappa shape index (κ1) is 11.8. The van der Waals surface area contributed by atoms with Gasteiger partial charge < -0.3 is 5.73 Å². The Morgan fingerprint density at radius 3 is 2.50 bits per heavy atom. The van der Waals surface area contributed by atoms with Crippen LogP contribution in [0.1, 0.15) is 25.0 Å². The second-order valence-electron chi connectivity index (χ2n) is 5.10. The Labute approximate surface area is 115 Å². The summed E-state index contributed by atoms with van der Waals surface area (Å²) in [6.45, 7) is 2.26. The van der Waals surface area contributed by atoms with Crippen molar-refractivity contribution in [2.75, 3.05) is 5.73 Å². The highest BCUT2D eigenvalue weighted by molar-refractivity contribution is 9.10. The maximum Gasteiger partial charge on any atom is 0.129 e. The molecule has 0 spiro atoms. The van der Waals surface area contributed by atoms with Gasteiger partial charge in [-0.05, 0) is 30.0 Å². The first-order chi connectivity index (χ1) is 8.58. The van der Waals surface area contributed by atoms with Crippen molar-refractivity contribution in [3.05, 3.63) is 34.4 Å². The number of benzene rings is 1. The first-order valence-electron chi connectivity index (χ1n) is 6.16. The van der Waals surface area contributed by atoms with Gasteiger partial charge >= 0.3 is 0 Å². The largest absolute Gasteiger partial charge is 0.383 e. The fourth-order valence-electron chi connectivity index (χ4n) is 2.43. The third-order valence-electron chi connectivity index (χ3n) is 3.71. The molecule has 0 bridgehead atoms. The number of nitrogens with zero attached hydrogens (tertiary/aromatic N) is 2. The van der Waals surface area contributed by atoms with E-state index in [-0.39, 0.29) is 0 Å². The van der Waals surface area contributed by atoms with Gasteiger partial charge in [0.1, 0.15) is 5.82 Å². The summed E-state index contributed by atoms with van der Waals surface area (Å²) in [4.78, 5) is 0. The zero-order valence-electron chi connectivity index (χ0n) is 10.5. The molecule has 1 fully saturated rings. The fourth-order valence-corrected chi connectivity index (χ4v) is 2.70. The second-order valence-corrected chi connectivity index (χ2v) is 6.01. The summed E-state index contributed by atoms with van der Waals surface area (Å²) in [5.74, 6) is 2.06. The lowest BCUT2D eigenvalue weighted by atomic mass is 10.0. The average Bonchev–Trinajstić information content (AvgIpc) is 2.99. The number of halogens is 1. The van der Waals surface area contributed by atoms with Crippen LogP contribution in [0.4, 0.5) is 5.82 Å². The summed E-state index contributed by atoms with van der Waals surface area (Å²) >= 11 is 3.46. The van der Waals surface area contributed by atoms with E-state index in [0.717, 1.165) is 33.0 Å². The molecule has 1 aromatic heterocycles. The van der Waals surface area contributed by atoms with Crippen molar-refractivity contribution in [1.29, 1.82) is 0 Å². The van der Waals surface area contributed by atoms with Crippen LogP contribution in [0.2, 0.25) is 0 Å². The quantitative estimate of drug-likeness (QED) is 0.922. The van der Waals surface area contributed by atoms with Crippen LogP contribution in [-0.2, 0) is 7.05 Å². The Balaban J connectivity index is 2.12. The van der Waals surface area contributed by atoms with E-state index in [1.807, 2.05) is 19.2 Å². The molecule has 0 radical (unpaired) electrons. The van der Waals surface area contributed by atoms with Crippen LogP contribution in [0.3, 0.4) is 0 Å². The number of aromatic nitrogens is 2. The summed E-state index contributed by atoms with van der Waals surface area (Å²) in [7, 11) is 1.91. The molecule has 2 aromatic rings. The van der Waals surface area contributed by atoms with E-state index < -0.39 is 0 Å². The van der Waals surface area contributed by atoms with Crippen molar-refractivity contribution in [2.24, 2.45) is 13.0 Å². The molecule has 1 aliphatic rings. The zero-order valence-corrected chi connectivity index (χ0v) is 12.1. The molecule has 1 aromatic carbocycles. The van der Waals surface area contributed by atoms with Crippen molar-refractivity contribution < 1.29 is 0 Å². The van der Waals surface area contributed by atoms with Crippen LogP contribution in [-0.4, -0.2) is 9.78 Å². The molecule has 1 saturated carbocycles. The van der Waals surface area contributed by atoms with Crippen molar-refractivity contribution in [3.63, 3.8) is 0 Å². The molecule has 3 rings (SSSR count). The molecule has 18 heavy (non-hydrogen) atoms. The maximum atomic E-state index is 6.17. The molecule has 0 amide bonds. The molecular weight excluding hydrogens is 290 g/mol. The molecule has 94 valence electrons. The van der Waals surface area contributed by atoms with Crippen molar-refractivity contribution >= 4 is 21.7 Å². The summed E-state index contributed by atoms with van der Waals surface area (Å²) < 4.78 is 2.87. The monoisotopic (exact) mass is 305 g/mol. The molecule has 1 aliphatic carbocycles. The minimum Gasteiger partial charge on any atom is -0.383 e. The van der Waals surface area contributed by atoms with Crippen LogP contribution < -0.4 is 5.73 Å². The molecule has 2 atom stereocenters. The number of anilines is 1. The van der Waals surface area contributed by atoms with Crippen LogP contribution in [0.15, 0.2) is 28.7 Å². The topological polar surface area (TPSA) is 43.8 Å². The number of aryl methyl sites for hydroxylation is 1. The van der Waals surface area contributed by atoms with Gasteiger partial charge in [0.05, 0.1) is 5.69 Å². The summed E-state index contributed by atoms with van der Waals surface area (Å²) in [6, 6.07) is 8.27. The molecule has 2 N–H and O–H groups in total. The minimum absolute atomic E-state index is 0.576. The standard InChI is InChI=1S/C14H16BrN3/c1-8-7-11(8)13-12(14(16)18(2)17-13)9-3-5-10(15)6-4-9/h3-6,8,11H,7,16H2,1-2H3. The van der Waals surface area contributed by atoms with E-state index in [1.54, 1.807) is 4.68 Å². The minimum atomic E-state index is 0.576. The number of nitrogen functional groups attached to an aromatic ring is 1. The van der Waals surface area contributed by atoms with E-state index in [2.05, 4.69) is 40.1 Å². The van der Waals surface area contributed by atoms with Crippen LogP contribution in [0, 0.1) is 5.92 Å². The lowest BCUT2D eigenvalue weighted by Crippen LogP contribution is -1.97. The van der Waals surface area contributed by atoms with E-state index in [4.69, 9.17) is 5.73 Å².